The number of nitrogens with one attached hydrogen (secondary N) is 3. The van der Waals surface area contributed by atoms with E-state index in [1.165, 1.54) is 0 Å². The van der Waals surface area contributed by atoms with Gasteiger partial charge in [0, 0.05) is 6.54 Å². The van der Waals surface area contributed by atoms with Gasteiger partial charge < -0.3 is 34.0 Å². The topological polar surface area (TPSA) is 158 Å². The maximum absolute atomic E-state index is 13.6. The number of amides is 3. The summed E-state index contributed by atoms with van der Waals surface area (Å²) in [6.45, 7) is 6.49. The third kappa shape index (κ3) is 12.6. The fourth-order valence-corrected chi connectivity index (χ4v) is 8.16. The molecule has 0 radical (unpaired) electrons. The standard InChI is InChI=1S/C19H37Br2N3O9P2/c1-5-30-34(28,31-6-2)19(35(29,32-7-3)33-8-4)24-18(27)15(23-17(26)14-21)11-9-10-12-22-16(25)13-20/h15,19H,5-14H2,1-4H3,(H,22,25)(H,23,26)(H,24,27)/t15-/m1/s1. The molecule has 0 rings (SSSR count). The summed E-state index contributed by atoms with van der Waals surface area (Å²) in [5, 5.41) is 7.87. The van der Waals surface area contributed by atoms with Gasteiger partial charge >= 0.3 is 15.2 Å². The first-order valence-electron chi connectivity index (χ1n) is 11.3. The van der Waals surface area contributed by atoms with Crippen LogP contribution in [0.25, 0.3) is 0 Å². The Morgan fingerprint density at radius 2 is 1.20 bits per heavy atom. The molecular formula is C19H37Br2N3O9P2. The van der Waals surface area contributed by atoms with Crippen LogP contribution in [0.4, 0.5) is 0 Å². The number of unbranched alkanes of at least 4 members (excludes halogenated alkanes) is 1. The fraction of sp³-hybridized carbons (Fsp3) is 0.842. The molecular weight excluding hydrogens is 636 g/mol. The highest BCUT2D eigenvalue weighted by atomic mass is 79.9. The fourth-order valence-electron chi connectivity index (χ4n) is 2.89. The number of carbonyl (C=O) groups is 3. The van der Waals surface area contributed by atoms with Gasteiger partial charge in [0.05, 0.1) is 37.1 Å². The third-order valence-corrected chi connectivity index (χ3v) is 10.9. The average molecular weight is 673 g/mol. The van der Waals surface area contributed by atoms with Crippen LogP contribution in [0.3, 0.4) is 0 Å². The van der Waals surface area contributed by atoms with Crippen molar-refractivity contribution in [2.24, 2.45) is 0 Å². The molecule has 0 aliphatic rings. The number of rotatable bonds is 20. The number of halogens is 2. The van der Waals surface area contributed by atoms with Crippen molar-refractivity contribution >= 4 is 64.8 Å². The average Bonchev–Trinajstić information content (AvgIpc) is 2.81. The van der Waals surface area contributed by atoms with Crippen LogP contribution >= 0.6 is 47.1 Å². The number of alkyl halides is 2. The van der Waals surface area contributed by atoms with Crippen molar-refractivity contribution in [2.45, 2.75) is 58.5 Å². The zero-order chi connectivity index (χ0) is 26.9. The Bertz CT molecular complexity index is 711. The lowest BCUT2D eigenvalue weighted by molar-refractivity contribution is -0.128. The molecule has 206 valence electrons. The second kappa shape index (κ2) is 18.8. The van der Waals surface area contributed by atoms with Crippen LogP contribution in [0.2, 0.25) is 0 Å². The van der Waals surface area contributed by atoms with Crippen molar-refractivity contribution in [1.29, 1.82) is 0 Å². The van der Waals surface area contributed by atoms with Crippen molar-refractivity contribution in [3.63, 3.8) is 0 Å². The number of hydrogen-bond acceptors (Lipinski definition) is 9. The molecule has 0 aromatic rings. The van der Waals surface area contributed by atoms with Crippen LogP contribution in [-0.2, 0) is 41.6 Å². The van der Waals surface area contributed by atoms with Gasteiger partial charge in [0.2, 0.25) is 23.2 Å². The van der Waals surface area contributed by atoms with E-state index in [1.54, 1.807) is 27.7 Å². The van der Waals surface area contributed by atoms with Crippen molar-refractivity contribution in [2.75, 3.05) is 43.6 Å². The molecule has 16 heteroatoms. The molecule has 0 aromatic heterocycles. The molecule has 0 heterocycles. The van der Waals surface area contributed by atoms with E-state index in [2.05, 4.69) is 47.8 Å². The molecule has 0 fully saturated rings. The van der Waals surface area contributed by atoms with E-state index in [4.69, 9.17) is 18.1 Å². The largest absolute Gasteiger partial charge is 0.365 e. The van der Waals surface area contributed by atoms with E-state index in [0.717, 1.165) is 0 Å². The highest BCUT2D eigenvalue weighted by Gasteiger charge is 2.52. The van der Waals surface area contributed by atoms with E-state index in [-0.39, 0.29) is 49.4 Å². The zero-order valence-corrected chi connectivity index (χ0v) is 25.5. The smallest absolute Gasteiger partial charge is 0.355 e. The van der Waals surface area contributed by atoms with Crippen molar-refractivity contribution in [1.82, 2.24) is 16.0 Å². The maximum atomic E-state index is 13.6. The molecule has 0 saturated heterocycles. The van der Waals surface area contributed by atoms with Gasteiger partial charge in [-0.2, -0.15) is 0 Å². The van der Waals surface area contributed by atoms with Crippen LogP contribution in [0.5, 0.6) is 0 Å². The predicted octanol–water partition coefficient (Wildman–Crippen LogP) is 3.48. The molecule has 0 aromatic carbocycles. The summed E-state index contributed by atoms with van der Waals surface area (Å²) in [6.07, 6.45) is 1.21. The molecule has 0 unspecified atom stereocenters. The normalized spacial score (nSPS) is 12.9. The summed E-state index contributed by atoms with van der Waals surface area (Å²) < 4.78 is 48.6. The molecule has 0 aliphatic heterocycles. The predicted molar refractivity (Wildman–Crippen MR) is 140 cm³/mol. The second-order valence-electron chi connectivity index (χ2n) is 6.87. The Kier molecular flexibility index (Phi) is 18.7. The van der Waals surface area contributed by atoms with E-state index in [1.807, 2.05) is 0 Å². The minimum absolute atomic E-state index is 0.0473. The van der Waals surface area contributed by atoms with Gasteiger partial charge in [-0.05, 0) is 47.0 Å². The first-order chi connectivity index (χ1) is 16.6. The zero-order valence-electron chi connectivity index (χ0n) is 20.6. The summed E-state index contributed by atoms with van der Waals surface area (Å²) >= 11 is 6.10. The quantitative estimate of drug-likeness (QED) is 0.100. The number of hydrogen-bond donors (Lipinski definition) is 3. The molecule has 0 aliphatic carbocycles. The van der Waals surface area contributed by atoms with Gasteiger partial charge in [-0.25, -0.2) is 0 Å². The first kappa shape index (κ1) is 34.7. The summed E-state index contributed by atoms with van der Waals surface area (Å²) in [5.41, 5.74) is -1.75. The summed E-state index contributed by atoms with van der Waals surface area (Å²) in [5.74, 6) is -1.38. The lowest BCUT2D eigenvalue weighted by Gasteiger charge is -2.32. The van der Waals surface area contributed by atoms with Gasteiger partial charge in [0.15, 0.2) is 0 Å². The van der Waals surface area contributed by atoms with Gasteiger partial charge in [-0.1, -0.05) is 31.9 Å². The Morgan fingerprint density at radius 1 is 0.743 bits per heavy atom. The molecule has 0 bridgehead atoms. The van der Waals surface area contributed by atoms with Crippen molar-refractivity contribution in [3.8, 4) is 0 Å². The van der Waals surface area contributed by atoms with Crippen molar-refractivity contribution < 1.29 is 41.6 Å². The Morgan fingerprint density at radius 3 is 1.60 bits per heavy atom. The van der Waals surface area contributed by atoms with Gasteiger partial charge in [-0.15, -0.1) is 0 Å². The lowest BCUT2D eigenvalue weighted by Crippen LogP contribution is -2.50. The van der Waals surface area contributed by atoms with E-state index >= 15 is 0 Å². The molecule has 1 atom stereocenters. The third-order valence-electron chi connectivity index (χ3n) is 4.24. The molecule has 35 heavy (non-hydrogen) atoms. The molecule has 0 spiro atoms. The minimum atomic E-state index is -4.22. The Balaban J connectivity index is 5.88. The van der Waals surface area contributed by atoms with Gasteiger partial charge in [-0.3, -0.25) is 23.5 Å². The van der Waals surface area contributed by atoms with Crippen LogP contribution in [0.1, 0.15) is 47.0 Å². The van der Waals surface area contributed by atoms with E-state index < -0.39 is 38.6 Å². The molecule has 3 amide bonds. The first-order valence-corrected chi connectivity index (χ1v) is 16.8. The van der Waals surface area contributed by atoms with Crippen LogP contribution in [0.15, 0.2) is 0 Å². The Hall–Kier alpha value is -0.330. The molecule has 12 nitrogen and oxygen atoms in total. The summed E-state index contributed by atoms with van der Waals surface area (Å²) in [7, 11) is -8.43. The summed E-state index contributed by atoms with van der Waals surface area (Å²) in [6, 6.07) is -1.05. The molecule has 3 N–H and O–H groups in total. The highest BCUT2D eigenvalue weighted by molar-refractivity contribution is 9.09. The van der Waals surface area contributed by atoms with Crippen LogP contribution in [0, 0.1) is 0 Å². The van der Waals surface area contributed by atoms with Gasteiger partial charge in [0.25, 0.3) is 0 Å². The van der Waals surface area contributed by atoms with Crippen LogP contribution < -0.4 is 16.0 Å². The minimum Gasteiger partial charge on any atom is -0.355 e. The monoisotopic (exact) mass is 671 g/mol. The lowest BCUT2D eigenvalue weighted by atomic mass is 10.1. The highest BCUT2D eigenvalue weighted by Crippen LogP contribution is 2.69. The SMILES string of the molecule is CCOP(=O)(OCC)C(NC(=O)[C@@H](CCCCNC(=O)CBr)NC(=O)CBr)P(=O)(OCC)OCC. The van der Waals surface area contributed by atoms with Crippen molar-refractivity contribution in [3.05, 3.63) is 0 Å². The molecule has 0 saturated carbocycles. The van der Waals surface area contributed by atoms with Gasteiger partial charge in [0.1, 0.15) is 6.04 Å². The summed E-state index contributed by atoms with van der Waals surface area (Å²) in [4.78, 5) is 36.6. The van der Waals surface area contributed by atoms with E-state index in [9.17, 15) is 23.5 Å². The number of carbonyl (C=O) groups excluding carboxylic acids is 3. The second-order valence-corrected chi connectivity index (χ2v) is 12.6. The van der Waals surface area contributed by atoms with Crippen LogP contribution in [-0.4, -0.2) is 72.9 Å². The Labute approximate surface area is 224 Å². The maximum Gasteiger partial charge on any atom is 0.365 e. The van der Waals surface area contributed by atoms with E-state index in [0.29, 0.717) is 19.4 Å².